The molecular formula is C22H19ClO2. The van der Waals surface area contributed by atoms with Crippen LogP contribution >= 0.6 is 11.6 Å². The summed E-state index contributed by atoms with van der Waals surface area (Å²) in [6, 6.07) is 25.5. The monoisotopic (exact) mass is 350 g/mol. The minimum Gasteiger partial charge on any atom is -0.489 e. The smallest absolute Gasteiger partial charge is 0.180 e. The predicted octanol–water partition coefficient (Wildman–Crippen LogP) is 5.74. The molecule has 3 heteroatoms. The van der Waals surface area contributed by atoms with Crippen molar-refractivity contribution in [3.05, 3.63) is 90.0 Å². The quantitative estimate of drug-likeness (QED) is 0.418. The topological polar surface area (TPSA) is 26.3 Å². The molecule has 3 aromatic carbocycles. The van der Waals surface area contributed by atoms with Crippen molar-refractivity contribution in [2.75, 3.05) is 0 Å². The van der Waals surface area contributed by atoms with Gasteiger partial charge in [-0.3, -0.25) is 4.79 Å². The fourth-order valence-corrected chi connectivity index (χ4v) is 2.67. The minimum atomic E-state index is -0.508. The van der Waals surface area contributed by atoms with Gasteiger partial charge in [-0.05, 0) is 35.7 Å². The number of Topliss-reactive ketones (excluding diaryl/α,β-unsaturated/α-hetero) is 1. The zero-order valence-electron chi connectivity index (χ0n) is 14.0. The van der Waals surface area contributed by atoms with Gasteiger partial charge >= 0.3 is 0 Å². The van der Waals surface area contributed by atoms with Crippen LogP contribution in [0, 0.1) is 0 Å². The zero-order valence-corrected chi connectivity index (χ0v) is 14.7. The van der Waals surface area contributed by atoms with Crippen molar-refractivity contribution in [2.45, 2.75) is 18.9 Å². The minimum absolute atomic E-state index is 0.0575. The lowest BCUT2D eigenvalue weighted by Crippen LogP contribution is -2.09. The molecule has 3 rings (SSSR count). The average Bonchev–Trinajstić information content (AvgIpc) is 2.67. The summed E-state index contributed by atoms with van der Waals surface area (Å²) in [6.45, 7) is 2.24. The Morgan fingerprint density at radius 3 is 2.00 bits per heavy atom. The summed E-state index contributed by atoms with van der Waals surface area (Å²) in [6.07, 6.45) is 0. The van der Waals surface area contributed by atoms with E-state index in [1.165, 1.54) is 0 Å². The Kier molecular flexibility index (Phi) is 5.52. The lowest BCUT2D eigenvalue weighted by molar-refractivity contribution is 0.0992. The van der Waals surface area contributed by atoms with Gasteiger partial charge in [0.05, 0.1) is 5.38 Å². The molecular weight excluding hydrogens is 332 g/mol. The largest absolute Gasteiger partial charge is 0.489 e. The van der Waals surface area contributed by atoms with Crippen LogP contribution in [-0.2, 0) is 6.61 Å². The number of benzene rings is 3. The molecule has 1 unspecified atom stereocenters. The normalized spacial score (nSPS) is 11.8. The molecule has 0 spiro atoms. The predicted molar refractivity (Wildman–Crippen MR) is 102 cm³/mol. The van der Waals surface area contributed by atoms with Gasteiger partial charge in [0, 0.05) is 5.56 Å². The molecule has 1 atom stereocenters. The van der Waals surface area contributed by atoms with E-state index in [2.05, 4.69) is 0 Å². The van der Waals surface area contributed by atoms with Gasteiger partial charge in [-0.25, -0.2) is 0 Å². The molecule has 0 aliphatic rings. The molecule has 3 aromatic rings. The summed E-state index contributed by atoms with van der Waals surface area (Å²) < 4.78 is 5.80. The second kappa shape index (κ2) is 8.00. The van der Waals surface area contributed by atoms with E-state index in [0.29, 0.717) is 12.2 Å². The summed E-state index contributed by atoms with van der Waals surface area (Å²) in [4.78, 5) is 11.9. The Balaban J connectivity index is 1.66. The van der Waals surface area contributed by atoms with Crippen LogP contribution in [-0.4, -0.2) is 11.2 Å². The van der Waals surface area contributed by atoms with Gasteiger partial charge in [-0.15, -0.1) is 11.6 Å². The molecule has 0 aromatic heterocycles. The summed E-state index contributed by atoms with van der Waals surface area (Å²) in [5.74, 6) is 0.772. The number of carbonyl (C=O) groups is 1. The van der Waals surface area contributed by atoms with Crippen molar-refractivity contribution in [3.8, 4) is 16.9 Å². The number of alkyl halides is 1. The molecule has 0 N–H and O–H groups in total. The lowest BCUT2D eigenvalue weighted by Gasteiger charge is -2.08. The van der Waals surface area contributed by atoms with Gasteiger partial charge in [0.2, 0.25) is 0 Å². The molecule has 25 heavy (non-hydrogen) atoms. The van der Waals surface area contributed by atoms with Crippen LogP contribution in [0.1, 0.15) is 22.8 Å². The van der Waals surface area contributed by atoms with E-state index >= 15 is 0 Å². The highest BCUT2D eigenvalue weighted by Gasteiger charge is 2.11. The van der Waals surface area contributed by atoms with E-state index in [-0.39, 0.29) is 5.78 Å². The lowest BCUT2D eigenvalue weighted by atomic mass is 10.0. The van der Waals surface area contributed by atoms with Gasteiger partial charge < -0.3 is 4.74 Å². The first-order valence-corrected chi connectivity index (χ1v) is 8.62. The second-order valence-corrected chi connectivity index (χ2v) is 6.51. The van der Waals surface area contributed by atoms with Crippen LogP contribution in [0.5, 0.6) is 5.75 Å². The molecule has 0 saturated carbocycles. The number of hydrogen-bond donors (Lipinski definition) is 0. The van der Waals surface area contributed by atoms with Crippen molar-refractivity contribution in [2.24, 2.45) is 0 Å². The Hall–Kier alpha value is -2.58. The van der Waals surface area contributed by atoms with E-state index in [0.717, 1.165) is 22.4 Å². The van der Waals surface area contributed by atoms with Gasteiger partial charge in [0.1, 0.15) is 12.4 Å². The molecule has 0 bridgehead atoms. The van der Waals surface area contributed by atoms with E-state index in [4.69, 9.17) is 16.3 Å². The molecule has 0 aliphatic heterocycles. The summed E-state index contributed by atoms with van der Waals surface area (Å²) in [5, 5.41) is -0.508. The number of ether oxygens (including phenoxy) is 1. The Morgan fingerprint density at radius 2 is 1.44 bits per heavy atom. The highest BCUT2D eigenvalue weighted by Crippen LogP contribution is 2.24. The number of rotatable bonds is 6. The van der Waals surface area contributed by atoms with Crippen LogP contribution < -0.4 is 4.74 Å². The Morgan fingerprint density at radius 1 is 0.880 bits per heavy atom. The van der Waals surface area contributed by atoms with Crippen molar-refractivity contribution in [3.63, 3.8) is 0 Å². The molecule has 0 saturated heterocycles. The Labute approximate surface area is 153 Å². The third kappa shape index (κ3) is 4.49. The highest BCUT2D eigenvalue weighted by atomic mass is 35.5. The van der Waals surface area contributed by atoms with Gasteiger partial charge in [0.25, 0.3) is 0 Å². The van der Waals surface area contributed by atoms with E-state index < -0.39 is 5.38 Å². The third-order valence-electron chi connectivity index (χ3n) is 3.97. The summed E-state index contributed by atoms with van der Waals surface area (Å²) >= 11 is 5.85. The number of halogens is 1. The molecule has 2 nitrogen and oxygen atoms in total. The molecule has 0 radical (unpaired) electrons. The van der Waals surface area contributed by atoms with E-state index in [9.17, 15) is 4.79 Å². The maximum atomic E-state index is 11.9. The molecule has 0 aliphatic carbocycles. The van der Waals surface area contributed by atoms with Gasteiger partial charge in [-0.2, -0.15) is 0 Å². The van der Waals surface area contributed by atoms with E-state index in [1.807, 2.05) is 78.9 Å². The maximum absolute atomic E-state index is 11.9. The number of hydrogen-bond acceptors (Lipinski definition) is 2. The molecule has 0 amide bonds. The molecule has 0 fully saturated rings. The van der Waals surface area contributed by atoms with Crippen molar-refractivity contribution < 1.29 is 9.53 Å². The first kappa shape index (κ1) is 17.2. The zero-order chi connectivity index (χ0) is 17.6. The standard InChI is InChI=1S/C22H19ClO2/c1-16(23)22(24)20-9-7-18(8-10-20)19-11-13-21(14-12-19)25-15-17-5-3-2-4-6-17/h2-14,16H,15H2,1H3. The fourth-order valence-electron chi connectivity index (χ4n) is 2.54. The van der Waals surface area contributed by atoms with Crippen LogP contribution in [0.3, 0.4) is 0 Å². The van der Waals surface area contributed by atoms with E-state index in [1.54, 1.807) is 6.92 Å². The number of ketones is 1. The van der Waals surface area contributed by atoms with Crippen LogP contribution in [0.15, 0.2) is 78.9 Å². The van der Waals surface area contributed by atoms with Crippen molar-refractivity contribution in [1.82, 2.24) is 0 Å². The second-order valence-electron chi connectivity index (χ2n) is 5.86. The van der Waals surface area contributed by atoms with Crippen LogP contribution in [0.2, 0.25) is 0 Å². The molecule has 0 heterocycles. The summed E-state index contributed by atoms with van der Waals surface area (Å²) in [5.41, 5.74) is 3.90. The third-order valence-corrected chi connectivity index (χ3v) is 4.16. The first-order valence-electron chi connectivity index (χ1n) is 8.19. The summed E-state index contributed by atoms with van der Waals surface area (Å²) in [7, 11) is 0. The van der Waals surface area contributed by atoms with Crippen LogP contribution in [0.4, 0.5) is 0 Å². The first-order chi connectivity index (χ1) is 12.1. The molecule has 126 valence electrons. The van der Waals surface area contributed by atoms with Crippen LogP contribution in [0.25, 0.3) is 11.1 Å². The Bertz CT molecular complexity index is 822. The van der Waals surface area contributed by atoms with Crippen molar-refractivity contribution >= 4 is 17.4 Å². The van der Waals surface area contributed by atoms with Gasteiger partial charge in [-0.1, -0.05) is 66.7 Å². The fraction of sp³-hybridized carbons (Fsp3) is 0.136. The average molecular weight is 351 g/mol. The SMILES string of the molecule is CC(Cl)C(=O)c1ccc(-c2ccc(OCc3ccccc3)cc2)cc1. The highest BCUT2D eigenvalue weighted by molar-refractivity contribution is 6.33. The maximum Gasteiger partial charge on any atom is 0.180 e. The van der Waals surface area contributed by atoms with Crippen molar-refractivity contribution in [1.29, 1.82) is 0 Å². The van der Waals surface area contributed by atoms with Gasteiger partial charge in [0.15, 0.2) is 5.78 Å². The number of carbonyl (C=O) groups excluding carboxylic acids is 1.